The van der Waals surface area contributed by atoms with Crippen LogP contribution in [0.1, 0.15) is 74.6 Å². The van der Waals surface area contributed by atoms with Crippen LogP contribution in [-0.4, -0.2) is 49.2 Å². The highest BCUT2D eigenvalue weighted by Gasteiger charge is 2.36. The molecule has 0 unspecified atom stereocenters. The van der Waals surface area contributed by atoms with Gasteiger partial charge < -0.3 is 4.90 Å². The van der Waals surface area contributed by atoms with Crippen LogP contribution >= 0.6 is 0 Å². The molecule has 3 fully saturated rings. The third-order valence-electron chi connectivity index (χ3n) is 6.81. The summed E-state index contributed by atoms with van der Waals surface area (Å²) in [7, 11) is -3.46. The van der Waals surface area contributed by atoms with Crippen molar-refractivity contribution in [3.63, 3.8) is 0 Å². The number of amides is 1. The third-order valence-corrected chi connectivity index (χ3v) is 8.72. The molecule has 2 atom stereocenters. The van der Waals surface area contributed by atoms with E-state index in [0.717, 1.165) is 45.1 Å². The van der Waals surface area contributed by atoms with Crippen molar-refractivity contribution in [3.8, 4) is 0 Å². The average Bonchev–Trinajstić information content (AvgIpc) is 3.03. The molecular weight excluding hydrogens is 372 g/mol. The van der Waals surface area contributed by atoms with E-state index in [2.05, 4.69) is 4.90 Å². The summed E-state index contributed by atoms with van der Waals surface area (Å²) >= 11 is 0. The quantitative estimate of drug-likeness (QED) is 0.764. The van der Waals surface area contributed by atoms with Gasteiger partial charge in [0, 0.05) is 31.2 Å². The van der Waals surface area contributed by atoms with Crippen LogP contribution in [0.4, 0.5) is 0 Å². The van der Waals surface area contributed by atoms with Crippen molar-refractivity contribution in [1.29, 1.82) is 0 Å². The largest absolute Gasteiger partial charge is 0.335 e. The zero-order chi connectivity index (χ0) is 19.6. The van der Waals surface area contributed by atoms with E-state index in [1.807, 2.05) is 0 Å². The Hall–Kier alpha value is -1.40. The van der Waals surface area contributed by atoms with Crippen LogP contribution < -0.4 is 0 Å². The number of carbonyl (C=O) groups is 1. The highest BCUT2D eigenvalue weighted by atomic mass is 32.2. The molecule has 1 aliphatic carbocycles. The fourth-order valence-electron chi connectivity index (χ4n) is 5.24. The fourth-order valence-corrected chi connectivity index (χ4v) is 6.76. The van der Waals surface area contributed by atoms with Gasteiger partial charge in [0.15, 0.2) is 0 Å². The molecule has 0 bridgehead atoms. The Labute approximate surface area is 169 Å². The van der Waals surface area contributed by atoms with Crippen molar-refractivity contribution < 1.29 is 13.2 Å². The number of nitrogens with zero attached hydrogens (tertiary/aromatic N) is 2. The topological polar surface area (TPSA) is 57.7 Å². The van der Waals surface area contributed by atoms with Crippen LogP contribution in [0.25, 0.3) is 0 Å². The molecule has 4 rings (SSSR count). The molecular formula is C22H32N2O3S. The summed E-state index contributed by atoms with van der Waals surface area (Å²) in [6.07, 6.45) is 11.2. The third kappa shape index (κ3) is 3.99. The second-order valence-corrected chi connectivity index (χ2v) is 10.5. The van der Waals surface area contributed by atoms with Gasteiger partial charge >= 0.3 is 0 Å². The lowest BCUT2D eigenvalue weighted by molar-refractivity contribution is 0.0390. The van der Waals surface area contributed by atoms with E-state index in [4.69, 9.17) is 0 Å². The van der Waals surface area contributed by atoms with E-state index < -0.39 is 10.0 Å². The molecule has 1 aromatic rings. The first-order chi connectivity index (χ1) is 13.6. The standard InChI is InChI=1S/C22H32N2O3S/c25-22(24-17-7-9-18-8-3-4-10-21(18)24)19-11-13-20(14-12-19)28(26,27)23-15-5-1-2-6-16-23/h11-14,18,21H,1-10,15-17H2/t18-,21+/m0/s1. The molecule has 154 valence electrons. The Kier molecular flexibility index (Phi) is 6.07. The number of benzene rings is 1. The second kappa shape index (κ2) is 8.54. The summed E-state index contributed by atoms with van der Waals surface area (Å²) < 4.78 is 27.5. The van der Waals surface area contributed by atoms with Gasteiger partial charge in [-0.3, -0.25) is 4.79 Å². The van der Waals surface area contributed by atoms with Gasteiger partial charge in [0.05, 0.1) is 4.90 Å². The zero-order valence-corrected chi connectivity index (χ0v) is 17.5. The minimum absolute atomic E-state index is 0.0651. The van der Waals surface area contributed by atoms with Gasteiger partial charge in [-0.25, -0.2) is 8.42 Å². The highest BCUT2D eigenvalue weighted by molar-refractivity contribution is 7.89. The molecule has 5 nitrogen and oxygen atoms in total. The molecule has 6 heteroatoms. The molecule has 2 aliphatic heterocycles. The van der Waals surface area contributed by atoms with Gasteiger partial charge in [-0.2, -0.15) is 4.31 Å². The first kappa shape index (κ1) is 19.9. The summed E-state index contributed by atoms with van der Waals surface area (Å²) in [5, 5.41) is 0. The summed E-state index contributed by atoms with van der Waals surface area (Å²) in [5.74, 6) is 0.712. The van der Waals surface area contributed by atoms with Crippen LogP contribution in [0, 0.1) is 5.92 Å². The number of piperidine rings is 1. The Morgan fingerprint density at radius 1 is 0.786 bits per heavy atom. The Bertz CT molecular complexity index is 781. The Balaban J connectivity index is 1.50. The maximum Gasteiger partial charge on any atom is 0.254 e. The van der Waals surface area contributed by atoms with Crippen LogP contribution in [0.15, 0.2) is 29.2 Å². The zero-order valence-electron chi connectivity index (χ0n) is 16.7. The number of likely N-dealkylation sites (tertiary alicyclic amines) is 1. The number of sulfonamides is 1. The molecule has 28 heavy (non-hydrogen) atoms. The summed E-state index contributed by atoms with van der Waals surface area (Å²) in [6, 6.07) is 7.03. The predicted molar refractivity (Wildman–Crippen MR) is 110 cm³/mol. The van der Waals surface area contributed by atoms with Crippen molar-refractivity contribution in [3.05, 3.63) is 29.8 Å². The van der Waals surface area contributed by atoms with Crippen molar-refractivity contribution in [2.45, 2.75) is 75.1 Å². The van der Waals surface area contributed by atoms with E-state index in [1.165, 1.54) is 25.7 Å². The minimum atomic E-state index is -3.46. The number of carbonyl (C=O) groups excluding carboxylic acids is 1. The molecule has 2 heterocycles. The molecule has 0 radical (unpaired) electrons. The molecule has 0 N–H and O–H groups in total. The fraction of sp³-hybridized carbons (Fsp3) is 0.682. The van der Waals surface area contributed by atoms with Gasteiger partial charge in [0.2, 0.25) is 10.0 Å². The molecule has 1 aromatic carbocycles. The Morgan fingerprint density at radius 3 is 2.14 bits per heavy atom. The van der Waals surface area contributed by atoms with Gasteiger partial charge in [0.25, 0.3) is 5.91 Å². The number of hydrogen-bond acceptors (Lipinski definition) is 3. The van der Waals surface area contributed by atoms with Crippen molar-refractivity contribution in [1.82, 2.24) is 9.21 Å². The van der Waals surface area contributed by atoms with Gasteiger partial charge in [0.1, 0.15) is 0 Å². The van der Waals surface area contributed by atoms with E-state index in [0.29, 0.717) is 35.5 Å². The maximum atomic E-state index is 13.1. The Morgan fingerprint density at radius 2 is 1.43 bits per heavy atom. The van der Waals surface area contributed by atoms with Crippen molar-refractivity contribution in [2.75, 3.05) is 19.6 Å². The number of hydrogen-bond donors (Lipinski definition) is 0. The lowest BCUT2D eigenvalue weighted by Crippen LogP contribution is -2.49. The number of fused-ring (bicyclic) bond motifs is 1. The molecule has 2 saturated heterocycles. The van der Waals surface area contributed by atoms with Crippen LogP contribution in [0.3, 0.4) is 0 Å². The number of rotatable bonds is 3. The van der Waals surface area contributed by atoms with Gasteiger partial charge in [-0.05, 0) is 68.7 Å². The second-order valence-electron chi connectivity index (χ2n) is 8.60. The monoisotopic (exact) mass is 404 g/mol. The van der Waals surface area contributed by atoms with Crippen LogP contribution in [0.2, 0.25) is 0 Å². The first-order valence-corrected chi connectivity index (χ1v) is 12.4. The summed E-state index contributed by atoms with van der Waals surface area (Å²) in [4.78, 5) is 15.5. The maximum absolute atomic E-state index is 13.1. The van der Waals surface area contributed by atoms with Crippen LogP contribution in [-0.2, 0) is 10.0 Å². The van der Waals surface area contributed by atoms with Gasteiger partial charge in [-0.15, -0.1) is 0 Å². The van der Waals surface area contributed by atoms with Crippen molar-refractivity contribution in [2.24, 2.45) is 5.92 Å². The lowest BCUT2D eigenvalue weighted by Gasteiger charge is -2.44. The molecule has 1 saturated carbocycles. The molecule has 3 aliphatic rings. The van der Waals surface area contributed by atoms with E-state index in [1.54, 1.807) is 28.6 Å². The normalized spacial score (nSPS) is 27.1. The molecule has 0 aromatic heterocycles. The summed E-state index contributed by atoms with van der Waals surface area (Å²) in [6.45, 7) is 2.02. The minimum Gasteiger partial charge on any atom is -0.335 e. The van der Waals surface area contributed by atoms with Crippen LogP contribution in [0.5, 0.6) is 0 Å². The summed E-state index contributed by atoms with van der Waals surface area (Å²) in [5.41, 5.74) is 0.612. The molecule has 0 spiro atoms. The smallest absolute Gasteiger partial charge is 0.254 e. The first-order valence-electron chi connectivity index (χ1n) is 11.0. The van der Waals surface area contributed by atoms with E-state index in [-0.39, 0.29) is 5.91 Å². The van der Waals surface area contributed by atoms with Crippen molar-refractivity contribution >= 4 is 15.9 Å². The highest BCUT2D eigenvalue weighted by Crippen LogP contribution is 2.36. The average molecular weight is 405 g/mol. The lowest BCUT2D eigenvalue weighted by atomic mass is 9.78. The predicted octanol–water partition coefficient (Wildman–Crippen LogP) is 4.05. The van der Waals surface area contributed by atoms with E-state index >= 15 is 0 Å². The molecule has 1 amide bonds. The van der Waals surface area contributed by atoms with E-state index in [9.17, 15) is 13.2 Å². The van der Waals surface area contributed by atoms with Gasteiger partial charge in [-0.1, -0.05) is 25.7 Å². The SMILES string of the molecule is O=C(c1ccc(S(=O)(=O)N2CCCCCC2)cc1)N1CCC[C@@H]2CCCC[C@H]21.